The zero-order valence-corrected chi connectivity index (χ0v) is 18.6. The van der Waals surface area contributed by atoms with Gasteiger partial charge in [-0.1, -0.05) is 17.9 Å². The van der Waals surface area contributed by atoms with Crippen LogP contribution in [0, 0.1) is 0 Å². The van der Waals surface area contributed by atoms with Crippen molar-refractivity contribution >= 4 is 11.1 Å². The minimum Gasteiger partial charge on any atom is -0.392 e. The zero-order valence-electron chi connectivity index (χ0n) is 18.6. The van der Waals surface area contributed by atoms with Crippen LogP contribution in [-0.2, 0) is 11.3 Å². The molecule has 3 heterocycles. The van der Waals surface area contributed by atoms with Crippen molar-refractivity contribution in [3.05, 3.63) is 94.6 Å². The maximum atomic E-state index is 6.35. The van der Waals surface area contributed by atoms with Crippen molar-refractivity contribution < 1.29 is 4.74 Å². The summed E-state index contributed by atoms with van der Waals surface area (Å²) >= 11 is 0. The van der Waals surface area contributed by atoms with Crippen LogP contribution in [0.2, 0.25) is 0 Å². The highest BCUT2D eigenvalue weighted by Crippen LogP contribution is 2.34. The van der Waals surface area contributed by atoms with Crippen LogP contribution < -0.4 is 5.73 Å². The Morgan fingerprint density at radius 1 is 1.03 bits per heavy atom. The van der Waals surface area contributed by atoms with Crippen LogP contribution >= 0.6 is 0 Å². The SMILES string of the molecule is NC1=C=CC=C(c2ccc(C3CCOCC3)c(CN3CCCC3)c2)C=C1c1ccncc1. The number of benzene rings is 1. The third kappa shape index (κ3) is 4.63. The molecule has 2 N–H and O–H groups in total. The summed E-state index contributed by atoms with van der Waals surface area (Å²) in [6, 6.07) is 11.0. The van der Waals surface area contributed by atoms with Gasteiger partial charge in [-0.3, -0.25) is 9.88 Å². The number of nitrogens with two attached hydrogens (primary N) is 1. The summed E-state index contributed by atoms with van der Waals surface area (Å²) in [5.41, 5.74) is 17.6. The third-order valence-corrected chi connectivity index (χ3v) is 6.81. The van der Waals surface area contributed by atoms with Crippen molar-refractivity contribution in [1.29, 1.82) is 0 Å². The molecule has 0 unspecified atom stereocenters. The van der Waals surface area contributed by atoms with E-state index in [9.17, 15) is 0 Å². The molecule has 0 amide bonds. The maximum Gasteiger partial charge on any atom is 0.0827 e. The van der Waals surface area contributed by atoms with E-state index in [1.807, 2.05) is 18.2 Å². The molecule has 0 spiro atoms. The lowest BCUT2D eigenvalue weighted by Gasteiger charge is -2.27. The molecule has 32 heavy (non-hydrogen) atoms. The first-order chi connectivity index (χ1) is 15.8. The molecule has 4 nitrogen and oxygen atoms in total. The van der Waals surface area contributed by atoms with E-state index < -0.39 is 0 Å². The predicted molar refractivity (Wildman–Crippen MR) is 130 cm³/mol. The van der Waals surface area contributed by atoms with Gasteiger partial charge >= 0.3 is 0 Å². The highest BCUT2D eigenvalue weighted by Gasteiger charge is 2.22. The molecule has 1 aliphatic carbocycles. The fraction of sp³-hybridized carbons (Fsp3) is 0.357. The minimum absolute atomic E-state index is 0.596. The Labute approximate surface area is 190 Å². The molecule has 0 radical (unpaired) electrons. The monoisotopic (exact) mass is 425 g/mol. The van der Waals surface area contributed by atoms with Crippen LogP contribution in [0.5, 0.6) is 0 Å². The fourth-order valence-electron chi connectivity index (χ4n) is 5.04. The molecule has 2 saturated heterocycles. The van der Waals surface area contributed by atoms with E-state index in [4.69, 9.17) is 10.5 Å². The molecule has 4 heteroatoms. The molecule has 0 bridgehead atoms. The van der Waals surface area contributed by atoms with Gasteiger partial charge in [-0.25, -0.2) is 0 Å². The van der Waals surface area contributed by atoms with Crippen LogP contribution in [0.1, 0.15) is 53.9 Å². The lowest BCUT2D eigenvalue weighted by molar-refractivity contribution is 0.0850. The van der Waals surface area contributed by atoms with Crippen LogP contribution in [0.25, 0.3) is 11.1 Å². The second-order valence-corrected chi connectivity index (χ2v) is 8.92. The minimum atomic E-state index is 0.596. The van der Waals surface area contributed by atoms with E-state index in [1.165, 1.54) is 42.6 Å². The van der Waals surface area contributed by atoms with E-state index >= 15 is 0 Å². The number of allylic oxidation sites excluding steroid dienone is 4. The summed E-state index contributed by atoms with van der Waals surface area (Å²) in [5, 5.41) is 0. The maximum absolute atomic E-state index is 6.35. The molecule has 5 rings (SSSR count). The van der Waals surface area contributed by atoms with Gasteiger partial charge < -0.3 is 10.5 Å². The number of nitrogens with zero attached hydrogens (tertiary/aromatic N) is 2. The largest absolute Gasteiger partial charge is 0.392 e. The molecule has 3 aliphatic rings. The van der Waals surface area contributed by atoms with E-state index in [2.05, 4.69) is 46.0 Å². The third-order valence-electron chi connectivity index (χ3n) is 6.81. The van der Waals surface area contributed by atoms with Crippen LogP contribution in [-0.4, -0.2) is 36.2 Å². The Hall–Kier alpha value is -2.91. The van der Waals surface area contributed by atoms with Crippen molar-refractivity contribution in [3.8, 4) is 0 Å². The summed E-state index contributed by atoms with van der Waals surface area (Å²) in [4.78, 5) is 6.74. The van der Waals surface area contributed by atoms with Gasteiger partial charge in [-0.15, -0.1) is 0 Å². The first-order valence-corrected chi connectivity index (χ1v) is 11.8. The molecule has 2 fully saturated rings. The summed E-state index contributed by atoms with van der Waals surface area (Å²) in [5.74, 6) is 0.596. The number of aromatic nitrogens is 1. The summed E-state index contributed by atoms with van der Waals surface area (Å²) in [6.07, 6.45) is 14.7. The zero-order chi connectivity index (χ0) is 21.8. The average molecular weight is 426 g/mol. The molecule has 0 saturated carbocycles. The second kappa shape index (κ2) is 9.70. The average Bonchev–Trinajstić information content (AvgIpc) is 3.27. The molecule has 1 aromatic carbocycles. The van der Waals surface area contributed by atoms with Gasteiger partial charge in [-0.05, 0) is 109 Å². The van der Waals surface area contributed by atoms with Gasteiger partial charge in [-0.2, -0.15) is 0 Å². The highest BCUT2D eigenvalue weighted by atomic mass is 16.5. The van der Waals surface area contributed by atoms with Crippen molar-refractivity contribution in [2.24, 2.45) is 5.73 Å². The number of likely N-dealkylation sites (tertiary alicyclic amines) is 1. The number of hydrogen-bond acceptors (Lipinski definition) is 4. The van der Waals surface area contributed by atoms with E-state index in [-0.39, 0.29) is 0 Å². The molecule has 1 aromatic heterocycles. The number of hydrogen-bond donors (Lipinski definition) is 1. The number of rotatable bonds is 5. The highest BCUT2D eigenvalue weighted by molar-refractivity contribution is 5.91. The first-order valence-electron chi connectivity index (χ1n) is 11.8. The first kappa shape index (κ1) is 21.0. The fourth-order valence-corrected chi connectivity index (χ4v) is 5.04. The number of pyridine rings is 1. The van der Waals surface area contributed by atoms with E-state index in [1.54, 1.807) is 12.4 Å². The van der Waals surface area contributed by atoms with E-state index in [0.29, 0.717) is 11.6 Å². The van der Waals surface area contributed by atoms with Gasteiger partial charge in [0.2, 0.25) is 0 Å². The summed E-state index contributed by atoms with van der Waals surface area (Å²) < 4.78 is 5.63. The molecular weight excluding hydrogens is 394 g/mol. The summed E-state index contributed by atoms with van der Waals surface area (Å²) in [6.45, 7) is 5.18. The molecule has 2 aromatic rings. The summed E-state index contributed by atoms with van der Waals surface area (Å²) in [7, 11) is 0. The Morgan fingerprint density at radius 2 is 1.81 bits per heavy atom. The van der Waals surface area contributed by atoms with E-state index in [0.717, 1.165) is 49.3 Å². The quantitative estimate of drug-likeness (QED) is 0.681. The molecular formula is C28H31N3O. The second-order valence-electron chi connectivity index (χ2n) is 8.92. The van der Waals surface area contributed by atoms with Gasteiger partial charge in [0.25, 0.3) is 0 Å². The lowest BCUT2D eigenvalue weighted by Crippen LogP contribution is -2.21. The van der Waals surface area contributed by atoms with Crippen molar-refractivity contribution in [2.45, 2.75) is 38.1 Å². The predicted octanol–water partition coefficient (Wildman–Crippen LogP) is 5.05. The van der Waals surface area contributed by atoms with Crippen LogP contribution in [0.4, 0.5) is 0 Å². The van der Waals surface area contributed by atoms with Gasteiger partial charge in [0.1, 0.15) is 0 Å². The van der Waals surface area contributed by atoms with Gasteiger partial charge in [0.05, 0.1) is 5.70 Å². The Bertz CT molecular complexity index is 1080. The van der Waals surface area contributed by atoms with Crippen LogP contribution in [0.15, 0.2) is 72.4 Å². The Kier molecular flexibility index (Phi) is 6.36. The van der Waals surface area contributed by atoms with Crippen molar-refractivity contribution in [3.63, 3.8) is 0 Å². The van der Waals surface area contributed by atoms with Gasteiger partial charge in [0.15, 0.2) is 0 Å². The smallest absolute Gasteiger partial charge is 0.0827 e. The number of ether oxygens (including phenoxy) is 1. The van der Waals surface area contributed by atoms with Crippen molar-refractivity contribution in [1.82, 2.24) is 9.88 Å². The molecule has 164 valence electrons. The van der Waals surface area contributed by atoms with Gasteiger partial charge in [0, 0.05) is 37.7 Å². The molecule has 2 aliphatic heterocycles. The van der Waals surface area contributed by atoms with Crippen LogP contribution in [0.3, 0.4) is 0 Å². The Balaban J connectivity index is 1.52. The van der Waals surface area contributed by atoms with Crippen molar-refractivity contribution in [2.75, 3.05) is 26.3 Å². The molecule has 0 atom stereocenters. The standard InChI is InChI=1S/C28H31N3O/c29-28-5-3-4-23(19-27(28)21-8-12-30-13-9-21)24-6-7-26(22-10-16-32-17-11-22)25(18-24)20-31-14-1-2-15-31/h3-4,6-9,12-13,18-19,22H,1-2,10-11,14-17,20,29H2. The Morgan fingerprint density at radius 3 is 2.59 bits per heavy atom. The topological polar surface area (TPSA) is 51.4 Å². The lowest BCUT2D eigenvalue weighted by atomic mass is 9.86. The normalized spacial score (nSPS) is 19.9.